The van der Waals surface area contributed by atoms with Crippen LogP contribution < -0.4 is 4.90 Å². The van der Waals surface area contributed by atoms with E-state index in [0.717, 1.165) is 57.2 Å². The van der Waals surface area contributed by atoms with Gasteiger partial charge in [0.1, 0.15) is 11.6 Å². The Morgan fingerprint density at radius 3 is 2.80 bits per heavy atom. The van der Waals surface area contributed by atoms with E-state index >= 15 is 0 Å². The van der Waals surface area contributed by atoms with E-state index in [1.165, 1.54) is 18.9 Å². The van der Waals surface area contributed by atoms with Gasteiger partial charge in [0, 0.05) is 32.3 Å². The Bertz CT molecular complexity index is 724. The molecule has 6 nitrogen and oxygen atoms in total. The minimum absolute atomic E-state index is 0.254. The van der Waals surface area contributed by atoms with Gasteiger partial charge in [-0.25, -0.2) is 9.37 Å². The van der Waals surface area contributed by atoms with Gasteiger partial charge in [0.2, 0.25) is 0 Å². The van der Waals surface area contributed by atoms with Gasteiger partial charge in [0.25, 0.3) is 0 Å². The first-order chi connectivity index (χ1) is 12.2. The molecule has 1 atom stereocenters. The first-order valence-corrected chi connectivity index (χ1v) is 9.18. The molecule has 4 heterocycles. The normalized spacial score (nSPS) is 21.8. The lowest BCUT2D eigenvalue weighted by atomic mass is 9.97. The SMILES string of the molecule is Cn1c(CN2CCCC2)nnc1C1CCCN(c2ncccc2F)C1. The summed E-state index contributed by atoms with van der Waals surface area (Å²) < 4.78 is 16.2. The van der Waals surface area contributed by atoms with Crippen molar-refractivity contribution in [3.63, 3.8) is 0 Å². The molecule has 1 unspecified atom stereocenters. The van der Waals surface area contributed by atoms with Crippen LogP contribution >= 0.6 is 0 Å². The maximum Gasteiger partial charge on any atom is 0.165 e. The highest BCUT2D eigenvalue weighted by molar-refractivity contribution is 5.40. The molecule has 0 bridgehead atoms. The van der Waals surface area contributed by atoms with Crippen LogP contribution in [0.2, 0.25) is 0 Å². The Hall–Kier alpha value is -2.02. The molecule has 0 saturated carbocycles. The Labute approximate surface area is 147 Å². The maximum absolute atomic E-state index is 14.1. The largest absolute Gasteiger partial charge is 0.353 e. The molecule has 2 fully saturated rings. The van der Waals surface area contributed by atoms with Gasteiger partial charge in [0.15, 0.2) is 11.6 Å². The predicted molar refractivity (Wildman–Crippen MR) is 93.9 cm³/mol. The van der Waals surface area contributed by atoms with Crippen LogP contribution in [-0.2, 0) is 13.6 Å². The molecule has 2 aliphatic rings. The van der Waals surface area contributed by atoms with Crippen molar-refractivity contribution in [2.24, 2.45) is 7.05 Å². The molecule has 134 valence electrons. The van der Waals surface area contributed by atoms with E-state index in [0.29, 0.717) is 5.82 Å². The Morgan fingerprint density at radius 2 is 2.00 bits per heavy atom. The zero-order valence-corrected chi connectivity index (χ0v) is 14.7. The van der Waals surface area contributed by atoms with Gasteiger partial charge in [0.05, 0.1) is 6.54 Å². The second kappa shape index (κ2) is 7.07. The number of rotatable bonds is 4. The number of nitrogens with zero attached hydrogens (tertiary/aromatic N) is 6. The van der Waals surface area contributed by atoms with Crippen molar-refractivity contribution in [3.05, 3.63) is 35.8 Å². The number of halogens is 1. The summed E-state index contributed by atoms with van der Waals surface area (Å²) in [6.07, 6.45) is 6.27. The average Bonchev–Trinajstić information content (AvgIpc) is 3.27. The average molecular weight is 344 g/mol. The molecule has 0 radical (unpaired) electrons. The minimum Gasteiger partial charge on any atom is -0.353 e. The van der Waals surface area contributed by atoms with Crippen LogP contribution in [-0.4, -0.2) is 50.8 Å². The number of hydrogen-bond acceptors (Lipinski definition) is 5. The van der Waals surface area contributed by atoms with Crippen molar-refractivity contribution in [3.8, 4) is 0 Å². The first-order valence-electron chi connectivity index (χ1n) is 9.18. The highest BCUT2D eigenvalue weighted by Gasteiger charge is 2.28. The first kappa shape index (κ1) is 16.4. The molecule has 4 rings (SSSR count). The molecule has 2 aliphatic heterocycles. The van der Waals surface area contributed by atoms with Crippen molar-refractivity contribution < 1.29 is 4.39 Å². The van der Waals surface area contributed by atoms with Crippen molar-refractivity contribution >= 4 is 5.82 Å². The van der Waals surface area contributed by atoms with Gasteiger partial charge in [-0.1, -0.05) is 0 Å². The second-order valence-electron chi connectivity index (χ2n) is 7.11. The van der Waals surface area contributed by atoms with Gasteiger partial charge in [-0.05, 0) is 50.9 Å². The number of piperidine rings is 1. The third-order valence-electron chi connectivity index (χ3n) is 5.39. The fourth-order valence-corrected chi connectivity index (χ4v) is 4.00. The van der Waals surface area contributed by atoms with E-state index in [1.807, 2.05) is 4.90 Å². The van der Waals surface area contributed by atoms with Crippen LogP contribution in [0.1, 0.15) is 43.3 Å². The molecule has 2 aromatic heterocycles. The van der Waals surface area contributed by atoms with Gasteiger partial charge in [-0.2, -0.15) is 0 Å². The van der Waals surface area contributed by atoms with Crippen LogP contribution in [0.15, 0.2) is 18.3 Å². The molecule has 7 heteroatoms. The van der Waals surface area contributed by atoms with E-state index < -0.39 is 0 Å². The molecular weight excluding hydrogens is 319 g/mol. The smallest absolute Gasteiger partial charge is 0.165 e. The van der Waals surface area contributed by atoms with Crippen LogP contribution in [0.25, 0.3) is 0 Å². The summed E-state index contributed by atoms with van der Waals surface area (Å²) in [6, 6.07) is 3.11. The van der Waals surface area contributed by atoms with E-state index in [4.69, 9.17) is 0 Å². The summed E-state index contributed by atoms with van der Waals surface area (Å²) >= 11 is 0. The third-order valence-corrected chi connectivity index (χ3v) is 5.39. The summed E-state index contributed by atoms with van der Waals surface area (Å²) in [5, 5.41) is 8.91. The second-order valence-corrected chi connectivity index (χ2v) is 7.11. The zero-order valence-electron chi connectivity index (χ0n) is 14.7. The number of aromatic nitrogens is 4. The highest BCUT2D eigenvalue weighted by atomic mass is 19.1. The summed E-state index contributed by atoms with van der Waals surface area (Å²) in [5.74, 6) is 2.50. The molecular formula is C18H25FN6. The van der Waals surface area contributed by atoms with Crippen molar-refractivity contribution in [2.45, 2.75) is 38.1 Å². The summed E-state index contributed by atoms with van der Waals surface area (Å²) in [7, 11) is 2.06. The molecule has 2 saturated heterocycles. The standard InChI is InChI=1S/C18H25FN6/c1-23-16(13-24-9-2-3-10-24)21-22-17(23)14-6-5-11-25(12-14)18-15(19)7-4-8-20-18/h4,7-8,14H,2-3,5-6,9-13H2,1H3. The number of hydrogen-bond donors (Lipinski definition) is 0. The lowest BCUT2D eigenvalue weighted by molar-refractivity contribution is 0.317. The zero-order chi connectivity index (χ0) is 17.2. The van der Waals surface area contributed by atoms with Gasteiger partial charge < -0.3 is 9.47 Å². The molecule has 0 amide bonds. The van der Waals surface area contributed by atoms with Gasteiger partial charge in [-0.15, -0.1) is 10.2 Å². The van der Waals surface area contributed by atoms with Gasteiger partial charge >= 0.3 is 0 Å². The Morgan fingerprint density at radius 1 is 1.16 bits per heavy atom. The number of likely N-dealkylation sites (tertiary alicyclic amines) is 1. The minimum atomic E-state index is -0.254. The van der Waals surface area contributed by atoms with E-state index in [1.54, 1.807) is 12.3 Å². The van der Waals surface area contributed by atoms with Crippen molar-refractivity contribution in [1.29, 1.82) is 0 Å². The lowest BCUT2D eigenvalue weighted by Crippen LogP contribution is -2.36. The molecule has 25 heavy (non-hydrogen) atoms. The molecule has 2 aromatic rings. The molecule has 0 aromatic carbocycles. The van der Waals surface area contributed by atoms with Crippen LogP contribution in [0.5, 0.6) is 0 Å². The summed E-state index contributed by atoms with van der Waals surface area (Å²) in [5.41, 5.74) is 0. The Kier molecular flexibility index (Phi) is 4.65. The quantitative estimate of drug-likeness (QED) is 0.852. The van der Waals surface area contributed by atoms with Crippen LogP contribution in [0, 0.1) is 5.82 Å². The molecule has 0 aliphatic carbocycles. The number of anilines is 1. The fourth-order valence-electron chi connectivity index (χ4n) is 4.00. The number of pyridine rings is 1. The lowest BCUT2D eigenvalue weighted by Gasteiger charge is -2.33. The fraction of sp³-hybridized carbons (Fsp3) is 0.611. The third kappa shape index (κ3) is 3.38. The monoisotopic (exact) mass is 344 g/mol. The summed E-state index contributed by atoms with van der Waals surface area (Å²) in [6.45, 7) is 4.75. The maximum atomic E-state index is 14.1. The van der Waals surface area contributed by atoms with Crippen LogP contribution in [0.4, 0.5) is 10.2 Å². The molecule has 0 N–H and O–H groups in total. The van der Waals surface area contributed by atoms with Crippen LogP contribution in [0.3, 0.4) is 0 Å². The van der Waals surface area contributed by atoms with Gasteiger partial charge in [-0.3, -0.25) is 4.90 Å². The summed E-state index contributed by atoms with van der Waals surface area (Å²) in [4.78, 5) is 8.70. The highest BCUT2D eigenvalue weighted by Crippen LogP contribution is 2.29. The Balaban J connectivity index is 1.50. The van der Waals surface area contributed by atoms with Crippen molar-refractivity contribution in [1.82, 2.24) is 24.6 Å². The topological polar surface area (TPSA) is 50.1 Å². The predicted octanol–water partition coefficient (Wildman–Crippen LogP) is 2.33. The molecule has 0 spiro atoms. The van der Waals surface area contributed by atoms with E-state index in [2.05, 4.69) is 31.7 Å². The van der Waals surface area contributed by atoms with Crippen molar-refractivity contribution in [2.75, 3.05) is 31.1 Å². The van der Waals surface area contributed by atoms with E-state index in [-0.39, 0.29) is 11.7 Å². The van der Waals surface area contributed by atoms with E-state index in [9.17, 15) is 4.39 Å².